The van der Waals surface area contributed by atoms with Gasteiger partial charge in [-0.25, -0.2) is 19.3 Å². The molecule has 0 spiro atoms. The molecule has 3 aromatic heterocycles. The number of nitrogens with zero attached hydrogens (tertiary/aromatic N) is 5. The molecule has 12 heteroatoms. The fraction of sp³-hybridized carbons (Fsp3) is 0.485. The maximum Gasteiger partial charge on any atom is 0.421 e. The second-order valence-electron chi connectivity index (χ2n) is 12.2. The third-order valence-electron chi connectivity index (χ3n) is 8.95. The van der Waals surface area contributed by atoms with Crippen LogP contribution in [0.4, 0.5) is 28.9 Å². The lowest BCUT2D eigenvalue weighted by Gasteiger charge is -2.44. The van der Waals surface area contributed by atoms with Gasteiger partial charge in [0.25, 0.3) is 0 Å². The van der Waals surface area contributed by atoms with Crippen LogP contribution in [0.25, 0.3) is 33.8 Å². The van der Waals surface area contributed by atoms with Gasteiger partial charge in [-0.1, -0.05) is 6.42 Å². The highest BCUT2D eigenvalue weighted by Gasteiger charge is 2.39. The lowest BCUT2D eigenvalue weighted by atomic mass is 9.69. The van der Waals surface area contributed by atoms with Crippen LogP contribution in [-0.2, 0) is 10.9 Å². The smallest absolute Gasteiger partial charge is 0.421 e. The molecule has 4 heterocycles. The van der Waals surface area contributed by atoms with Crippen LogP contribution in [0, 0.1) is 11.2 Å². The first-order valence-corrected chi connectivity index (χ1v) is 15.5. The number of imidazole rings is 1. The van der Waals surface area contributed by atoms with Crippen molar-refractivity contribution in [3.05, 3.63) is 47.9 Å². The van der Waals surface area contributed by atoms with E-state index < -0.39 is 23.4 Å². The van der Waals surface area contributed by atoms with Crippen LogP contribution in [0.1, 0.15) is 51.0 Å². The van der Waals surface area contributed by atoms with Gasteiger partial charge < -0.3 is 24.3 Å². The van der Waals surface area contributed by atoms with Crippen molar-refractivity contribution >= 4 is 22.5 Å². The maximum absolute atomic E-state index is 15.6. The van der Waals surface area contributed by atoms with Crippen molar-refractivity contribution in [3.63, 3.8) is 0 Å². The number of nitrogens with one attached hydrogen (secondary N) is 1. The fourth-order valence-corrected chi connectivity index (χ4v) is 6.56. The number of piperidine rings is 1. The third-order valence-corrected chi connectivity index (χ3v) is 8.95. The van der Waals surface area contributed by atoms with Gasteiger partial charge in [0.2, 0.25) is 5.88 Å². The number of halogens is 4. The number of hydrogen-bond donors (Lipinski definition) is 1. The third kappa shape index (κ3) is 6.29. The number of rotatable bonds is 10. The number of hydrogen-bond acceptors (Lipinski definition) is 7. The summed E-state index contributed by atoms with van der Waals surface area (Å²) in [5.74, 6) is -0.599. The average Bonchev–Trinajstić information content (AvgIpc) is 3.43. The van der Waals surface area contributed by atoms with Crippen LogP contribution in [0.3, 0.4) is 0 Å². The summed E-state index contributed by atoms with van der Waals surface area (Å²) in [6, 6.07) is 7.89. The van der Waals surface area contributed by atoms with E-state index in [0.29, 0.717) is 35.7 Å². The standard InChI is InChI=1S/C33H38F4N6O2/c1-4-45-31-24(33(35,36)37)15-21(18-38-31)26-17-27(42(2)19-32(20-44-3)11-8-12-32)28-30(39-26)41-29(40-28)23-10-9-22(16-25(23)34)43-13-6-5-7-14-43/h9-10,15-18H,4-8,11-14,19-20H2,1-3H3,(H,39,40,41). The quantitative estimate of drug-likeness (QED) is 0.183. The zero-order valence-electron chi connectivity index (χ0n) is 25.8. The average molecular weight is 627 g/mol. The van der Waals surface area contributed by atoms with Crippen molar-refractivity contribution in [2.45, 2.75) is 51.6 Å². The van der Waals surface area contributed by atoms with Gasteiger partial charge in [-0.3, -0.25) is 0 Å². The molecular weight excluding hydrogens is 588 g/mol. The van der Waals surface area contributed by atoms with E-state index in [0.717, 1.165) is 56.9 Å². The molecule has 1 aliphatic carbocycles. The Bertz CT molecular complexity index is 1660. The van der Waals surface area contributed by atoms with Gasteiger partial charge in [-0.15, -0.1) is 0 Å². The first-order chi connectivity index (χ1) is 21.6. The van der Waals surface area contributed by atoms with Gasteiger partial charge in [-0.2, -0.15) is 13.2 Å². The molecule has 2 fully saturated rings. The number of anilines is 2. The lowest BCUT2D eigenvalue weighted by molar-refractivity contribution is -0.139. The van der Waals surface area contributed by atoms with Crippen LogP contribution < -0.4 is 14.5 Å². The van der Waals surface area contributed by atoms with E-state index in [1.165, 1.54) is 18.7 Å². The number of pyridine rings is 2. The largest absolute Gasteiger partial charge is 0.478 e. The highest BCUT2D eigenvalue weighted by molar-refractivity contribution is 5.91. The molecule has 1 saturated heterocycles. The molecule has 6 rings (SSSR count). The van der Waals surface area contributed by atoms with Crippen LogP contribution in [-0.4, -0.2) is 66.9 Å². The zero-order valence-corrected chi connectivity index (χ0v) is 25.8. The van der Waals surface area contributed by atoms with Crippen LogP contribution in [0.2, 0.25) is 0 Å². The first kappa shape index (κ1) is 31.1. The Morgan fingerprint density at radius 1 is 1.04 bits per heavy atom. The number of fused-ring (bicyclic) bond motifs is 1. The van der Waals surface area contributed by atoms with Gasteiger partial charge in [0.05, 0.1) is 30.2 Å². The maximum atomic E-state index is 15.6. The molecule has 0 bridgehead atoms. The van der Waals surface area contributed by atoms with E-state index in [9.17, 15) is 13.2 Å². The van der Waals surface area contributed by atoms with Crippen LogP contribution >= 0.6 is 0 Å². The predicted molar refractivity (Wildman–Crippen MR) is 166 cm³/mol. The highest BCUT2D eigenvalue weighted by atomic mass is 19.4. The molecule has 4 aromatic rings. The van der Waals surface area contributed by atoms with Crippen molar-refractivity contribution in [3.8, 4) is 28.5 Å². The molecule has 0 unspecified atom stereocenters. The van der Waals surface area contributed by atoms with E-state index in [2.05, 4.69) is 29.7 Å². The number of methoxy groups -OCH3 is 1. The molecule has 1 saturated carbocycles. The summed E-state index contributed by atoms with van der Waals surface area (Å²) in [6.45, 7) is 4.69. The fourth-order valence-electron chi connectivity index (χ4n) is 6.56. The Morgan fingerprint density at radius 3 is 2.47 bits per heavy atom. The van der Waals surface area contributed by atoms with E-state index in [1.54, 1.807) is 26.2 Å². The molecule has 0 atom stereocenters. The molecule has 2 aliphatic rings. The normalized spacial score (nSPS) is 16.6. The van der Waals surface area contributed by atoms with Crippen molar-refractivity contribution in [2.24, 2.45) is 5.41 Å². The van der Waals surface area contributed by atoms with Gasteiger partial charge in [0, 0.05) is 56.7 Å². The van der Waals surface area contributed by atoms with Gasteiger partial charge in [0.15, 0.2) is 5.65 Å². The van der Waals surface area contributed by atoms with Crippen LogP contribution in [0.15, 0.2) is 36.5 Å². The lowest BCUT2D eigenvalue weighted by Crippen LogP contribution is -2.44. The Hall–Kier alpha value is -3.93. The van der Waals surface area contributed by atoms with E-state index >= 15 is 4.39 Å². The summed E-state index contributed by atoms with van der Waals surface area (Å²) < 4.78 is 68.3. The van der Waals surface area contributed by atoms with Gasteiger partial charge >= 0.3 is 6.18 Å². The van der Waals surface area contributed by atoms with E-state index in [-0.39, 0.29) is 28.9 Å². The summed E-state index contributed by atoms with van der Waals surface area (Å²) >= 11 is 0. The zero-order chi connectivity index (χ0) is 31.8. The summed E-state index contributed by atoms with van der Waals surface area (Å²) in [5, 5.41) is 0. The Balaban J connectivity index is 1.44. The molecule has 1 aliphatic heterocycles. The molecule has 1 aromatic carbocycles. The molecular formula is C33H38F4N6O2. The second kappa shape index (κ2) is 12.5. The summed E-state index contributed by atoms with van der Waals surface area (Å²) in [4.78, 5) is 20.8. The minimum Gasteiger partial charge on any atom is -0.478 e. The van der Waals surface area contributed by atoms with Crippen LogP contribution in [0.5, 0.6) is 5.88 Å². The molecule has 0 radical (unpaired) electrons. The number of aromatic amines is 1. The van der Waals surface area contributed by atoms with Crippen molar-refractivity contribution in [1.29, 1.82) is 0 Å². The topological polar surface area (TPSA) is 79.4 Å². The van der Waals surface area contributed by atoms with Crippen molar-refractivity contribution in [2.75, 3.05) is 56.8 Å². The summed E-state index contributed by atoms with van der Waals surface area (Å²) in [5.41, 5.74) is 2.05. The Kier molecular flexibility index (Phi) is 8.60. The minimum absolute atomic E-state index is 0.0390. The predicted octanol–water partition coefficient (Wildman–Crippen LogP) is 7.49. The van der Waals surface area contributed by atoms with Crippen molar-refractivity contribution < 1.29 is 27.0 Å². The van der Waals surface area contributed by atoms with Crippen molar-refractivity contribution in [1.82, 2.24) is 19.9 Å². The number of alkyl halides is 3. The molecule has 8 nitrogen and oxygen atoms in total. The number of ether oxygens (including phenoxy) is 2. The molecule has 1 N–H and O–H groups in total. The first-order valence-electron chi connectivity index (χ1n) is 15.5. The van der Waals surface area contributed by atoms with Gasteiger partial charge in [-0.05, 0) is 69.4 Å². The minimum atomic E-state index is -4.68. The molecule has 45 heavy (non-hydrogen) atoms. The Labute approximate surface area is 259 Å². The number of aromatic nitrogens is 4. The summed E-state index contributed by atoms with van der Waals surface area (Å²) in [6.07, 6.45) is 3.11. The summed E-state index contributed by atoms with van der Waals surface area (Å²) in [7, 11) is 3.62. The number of H-pyrrole nitrogens is 1. The second-order valence-corrected chi connectivity index (χ2v) is 12.2. The SMILES string of the molecule is CCOc1ncc(-c2cc(N(C)CC3(COC)CCC3)c3[nH]c(-c4ccc(N5CCCCC5)cc4F)nc3n2)cc1C(F)(F)F. The monoisotopic (exact) mass is 626 g/mol. The van der Waals surface area contributed by atoms with E-state index in [4.69, 9.17) is 9.47 Å². The van der Waals surface area contributed by atoms with E-state index in [1.807, 2.05) is 13.1 Å². The Morgan fingerprint density at radius 2 is 1.82 bits per heavy atom. The van der Waals surface area contributed by atoms with Gasteiger partial charge in [0.1, 0.15) is 22.7 Å². The molecule has 0 amide bonds. The molecule has 240 valence electrons. The highest BCUT2D eigenvalue weighted by Crippen LogP contribution is 2.44. The number of benzene rings is 1.